The Balaban J connectivity index is 1.43. The molecule has 3 rings (SSSR count). The second-order valence-corrected chi connectivity index (χ2v) is 6.76. The average Bonchev–Trinajstić information content (AvgIpc) is 2.87. The third kappa shape index (κ3) is 4.45. The van der Waals surface area contributed by atoms with Crippen molar-refractivity contribution in [3.63, 3.8) is 0 Å². The van der Waals surface area contributed by atoms with Gasteiger partial charge in [-0.05, 0) is 44.3 Å². The summed E-state index contributed by atoms with van der Waals surface area (Å²) in [5, 5.41) is 7.25. The highest BCUT2D eigenvalue weighted by Crippen LogP contribution is 2.23. The van der Waals surface area contributed by atoms with Gasteiger partial charge in [0.1, 0.15) is 0 Å². The summed E-state index contributed by atoms with van der Waals surface area (Å²) >= 11 is 0. The summed E-state index contributed by atoms with van der Waals surface area (Å²) in [5.41, 5.74) is 3.05. The average molecular weight is 326 g/mol. The van der Waals surface area contributed by atoms with E-state index in [0.29, 0.717) is 12.3 Å². The van der Waals surface area contributed by atoms with Gasteiger partial charge >= 0.3 is 0 Å². The number of hydrogen-bond acceptors (Lipinski definition) is 3. The lowest BCUT2D eigenvalue weighted by atomic mass is 9.93. The molecule has 0 radical (unpaired) electrons. The van der Waals surface area contributed by atoms with Crippen LogP contribution >= 0.6 is 0 Å². The Bertz CT molecular complexity index is 672. The van der Waals surface area contributed by atoms with Crippen molar-refractivity contribution in [3.8, 4) is 0 Å². The number of rotatable bonds is 5. The number of nitrogens with one attached hydrogen (secondary N) is 1. The zero-order valence-corrected chi connectivity index (χ0v) is 14.5. The zero-order valence-electron chi connectivity index (χ0n) is 14.5. The van der Waals surface area contributed by atoms with E-state index in [4.69, 9.17) is 0 Å². The second kappa shape index (κ2) is 7.62. The Kier molecular flexibility index (Phi) is 5.30. The topological polar surface area (TPSA) is 50.2 Å². The van der Waals surface area contributed by atoms with Gasteiger partial charge in [-0.15, -0.1) is 0 Å². The second-order valence-electron chi connectivity index (χ2n) is 6.76. The quantitative estimate of drug-likeness (QED) is 0.919. The van der Waals surface area contributed by atoms with E-state index in [9.17, 15) is 4.79 Å². The molecule has 2 aromatic rings. The van der Waals surface area contributed by atoms with E-state index in [2.05, 4.69) is 45.6 Å². The van der Waals surface area contributed by atoms with Crippen LogP contribution in [-0.4, -0.2) is 33.7 Å². The summed E-state index contributed by atoms with van der Waals surface area (Å²) in [6.45, 7) is 5.06. The van der Waals surface area contributed by atoms with Crippen molar-refractivity contribution >= 4 is 11.6 Å². The van der Waals surface area contributed by atoms with Gasteiger partial charge in [-0.1, -0.05) is 30.3 Å². The van der Waals surface area contributed by atoms with Crippen molar-refractivity contribution in [2.45, 2.75) is 32.7 Å². The van der Waals surface area contributed by atoms with Gasteiger partial charge in [-0.25, -0.2) is 0 Å². The molecule has 5 heteroatoms. The van der Waals surface area contributed by atoms with E-state index in [-0.39, 0.29) is 5.91 Å². The van der Waals surface area contributed by atoms with Crippen LogP contribution in [0.2, 0.25) is 0 Å². The standard InChI is InChI=1S/C19H26N4O/c1-15-18(14-22(2)21-15)20-19(24)12-16-8-10-23(11-9-16)13-17-6-4-3-5-7-17/h3-7,14,16H,8-13H2,1-2H3,(H,20,24). The first-order chi connectivity index (χ1) is 11.6. The molecule has 1 N–H and O–H groups in total. The van der Waals surface area contributed by atoms with Crippen molar-refractivity contribution in [2.24, 2.45) is 13.0 Å². The fourth-order valence-electron chi connectivity index (χ4n) is 3.38. The number of likely N-dealkylation sites (tertiary alicyclic amines) is 1. The maximum atomic E-state index is 12.3. The van der Waals surface area contributed by atoms with Crippen LogP contribution in [-0.2, 0) is 18.4 Å². The molecule has 1 aromatic heterocycles. The van der Waals surface area contributed by atoms with Crippen molar-refractivity contribution in [2.75, 3.05) is 18.4 Å². The fourth-order valence-corrected chi connectivity index (χ4v) is 3.38. The van der Waals surface area contributed by atoms with Crippen LogP contribution < -0.4 is 5.32 Å². The summed E-state index contributed by atoms with van der Waals surface area (Å²) in [6, 6.07) is 10.6. The van der Waals surface area contributed by atoms with E-state index < -0.39 is 0 Å². The molecular weight excluding hydrogens is 300 g/mol. The highest BCUT2D eigenvalue weighted by Gasteiger charge is 2.22. The summed E-state index contributed by atoms with van der Waals surface area (Å²) in [6.07, 6.45) is 4.64. The highest BCUT2D eigenvalue weighted by atomic mass is 16.1. The third-order valence-electron chi connectivity index (χ3n) is 4.72. The molecule has 128 valence electrons. The number of hydrogen-bond donors (Lipinski definition) is 1. The first-order valence-corrected chi connectivity index (χ1v) is 8.66. The smallest absolute Gasteiger partial charge is 0.224 e. The van der Waals surface area contributed by atoms with Gasteiger partial charge in [0.05, 0.1) is 11.4 Å². The van der Waals surface area contributed by atoms with Gasteiger partial charge in [-0.2, -0.15) is 5.10 Å². The molecule has 0 saturated carbocycles. The normalized spacial score (nSPS) is 16.2. The lowest BCUT2D eigenvalue weighted by Gasteiger charge is -2.31. The number of amides is 1. The molecule has 1 saturated heterocycles. The molecule has 5 nitrogen and oxygen atoms in total. The van der Waals surface area contributed by atoms with Gasteiger partial charge in [0.15, 0.2) is 0 Å². The molecule has 2 heterocycles. The highest BCUT2D eigenvalue weighted by molar-refractivity contribution is 5.91. The molecule has 0 spiro atoms. The maximum Gasteiger partial charge on any atom is 0.224 e. The van der Waals surface area contributed by atoms with Crippen molar-refractivity contribution in [1.82, 2.24) is 14.7 Å². The lowest BCUT2D eigenvalue weighted by Crippen LogP contribution is -2.34. The maximum absolute atomic E-state index is 12.3. The zero-order chi connectivity index (χ0) is 16.9. The number of carbonyl (C=O) groups is 1. The van der Waals surface area contributed by atoms with Crippen LogP contribution in [0.15, 0.2) is 36.5 Å². The van der Waals surface area contributed by atoms with Crippen molar-refractivity contribution in [3.05, 3.63) is 47.8 Å². The number of aryl methyl sites for hydroxylation is 2. The Morgan fingerprint density at radius 3 is 2.58 bits per heavy atom. The Labute approximate surface area is 143 Å². The summed E-state index contributed by atoms with van der Waals surface area (Å²) in [4.78, 5) is 14.7. The van der Waals surface area contributed by atoms with Crippen LogP contribution in [0.5, 0.6) is 0 Å². The van der Waals surface area contributed by atoms with Gasteiger partial charge in [0.25, 0.3) is 0 Å². The predicted molar refractivity (Wildman–Crippen MR) is 95.6 cm³/mol. The Morgan fingerprint density at radius 1 is 1.25 bits per heavy atom. The molecule has 24 heavy (non-hydrogen) atoms. The number of nitrogens with zero attached hydrogens (tertiary/aromatic N) is 3. The molecule has 1 aromatic carbocycles. The monoisotopic (exact) mass is 326 g/mol. The van der Waals surface area contributed by atoms with Crippen LogP contribution in [0.1, 0.15) is 30.5 Å². The van der Waals surface area contributed by atoms with Crippen molar-refractivity contribution in [1.29, 1.82) is 0 Å². The van der Waals surface area contributed by atoms with Crippen LogP contribution in [0, 0.1) is 12.8 Å². The number of aromatic nitrogens is 2. The molecule has 1 aliphatic heterocycles. The molecule has 1 fully saturated rings. The van der Waals surface area contributed by atoms with Gasteiger partial charge in [0.2, 0.25) is 5.91 Å². The first kappa shape index (κ1) is 16.7. The van der Waals surface area contributed by atoms with Gasteiger partial charge in [0, 0.05) is 26.2 Å². The number of benzene rings is 1. The van der Waals surface area contributed by atoms with E-state index in [1.807, 2.05) is 20.2 Å². The van der Waals surface area contributed by atoms with Crippen LogP contribution in [0.25, 0.3) is 0 Å². The molecular formula is C19H26N4O. The number of anilines is 1. The van der Waals surface area contributed by atoms with Crippen molar-refractivity contribution < 1.29 is 4.79 Å². The minimum absolute atomic E-state index is 0.104. The van der Waals surface area contributed by atoms with E-state index >= 15 is 0 Å². The Morgan fingerprint density at radius 2 is 1.96 bits per heavy atom. The summed E-state index contributed by atoms with van der Waals surface area (Å²) < 4.78 is 1.73. The van der Waals surface area contributed by atoms with Crippen LogP contribution in [0.3, 0.4) is 0 Å². The molecule has 0 atom stereocenters. The van der Waals surface area contributed by atoms with Gasteiger partial charge < -0.3 is 5.32 Å². The molecule has 0 unspecified atom stereocenters. The fraction of sp³-hybridized carbons (Fsp3) is 0.474. The third-order valence-corrected chi connectivity index (χ3v) is 4.72. The largest absolute Gasteiger partial charge is 0.323 e. The predicted octanol–water partition coefficient (Wildman–Crippen LogP) is 2.97. The van der Waals surface area contributed by atoms with E-state index in [1.54, 1.807) is 4.68 Å². The minimum Gasteiger partial charge on any atom is -0.323 e. The molecule has 0 aliphatic carbocycles. The summed E-state index contributed by atoms with van der Waals surface area (Å²) in [5.74, 6) is 0.585. The van der Waals surface area contributed by atoms with Gasteiger partial charge in [-0.3, -0.25) is 14.4 Å². The van der Waals surface area contributed by atoms with Crippen LogP contribution in [0.4, 0.5) is 5.69 Å². The minimum atomic E-state index is 0.104. The Hall–Kier alpha value is -2.14. The van der Waals surface area contributed by atoms with E-state index in [0.717, 1.165) is 43.9 Å². The number of carbonyl (C=O) groups excluding carboxylic acids is 1. The van der Waals surface area contributed by atoms with E-state index in [1.165, 1.54) is 5.56 Å². The molecule has 0 bridgehead atoms. The molecule has 1 amide bonds. The summed E-state index contributed by atoms with van der Waals surface area (Å²) in [7, 11) is 1.87. The first-order valence-electron chi connectivity index (χ1n) is 8.66. The lowest BCUT2D eigenvalue weighted by molar-refractivity contribution is -0.117. The number of piperidine rings is 1. The SMILES string of the molecule is Cc1nn(C)cc1NC(=O)CC1CCN(Cc2ccccc2)CC1. The molecule has 1 aliphatic rings.